The summed E-state index contributed by atoms with van der Waals surface area (Å²) in [6.07, 6.45) is 12.4. The molecule has 0 spiro atoms. The van der Waals surface area contributed by atoms with E-state index in [4.69, 9.17) is 9.47 Å². The van der Waals surface area contributed by atoms with Gasteiger partial charge in [0.15, 0.2) is 0 Å². The molecule has 6 atom stereocenters. The number of hydrogen-bond donors (Lipinski definition) is 0. The summed E-state index contributed by atoms with van der Waals surface area (Å²) < 4.78 is 12.3. The molecule has 0 unspecified atom stereocenters. The maximum absolute atomic E-state index is 12.6. The molecule has 5 nitrogen and oxygen atoms in total. The molecule has 33 heavy (non-hydrogen) atoms. The second-order valence-electron chi connectivity index (χ2n) is 12.0. The van der Waals surface area contributed by atoms with E-state index < -0.39 is 6.16 Å². The van der Waals surface area contributed by atoms with E-state index in [0.29, 0.717) is 30.3 Å². The van der Waals surface area contributed by atoms with Crippen LogP contribution in [0.2, 0.25) is 0 Å². The van der Waals surface area contributed by atoms with Gasteiger partial charge in [-0.3, -0.25) is 9.28 Å². The molecule has 0 aromatic rings. The Balaban J connectivity index is 0.00000259. The molecule has 5 rings (SSSR count). The van der Waals surface area contributed by atoms with Crippen molar-refractivity contribution in [3.05, 3.63) is 11.6 Å². The minimum Gasteiger partial charge on any atom is -1.00 e. The average molecular weight is 572 g/mol. The Bertz CT molecular complexity index is 806. The number of likely N-dealkylation sites (tertiary alicyclic amines) is 1. The number of fused-ring (bicyclic) bond motifs is 5. The summed E-state index contributed by atoms with van der Waals surface area (Å²) in [5.74, 6) is 2.39. The number of quaternary nitrogens is 1. The van der Waals surface area contributed by atoms with Crippen molar-refractivity contribution in [1.82, 2.24) is 0 Å². The first-order valence-electron chi connectivity index (χ1n) is 13.2. The van der Waals surface area contributed by atoms with Crippen LogP contribution >= 0.6 is 0 Å². The van der Waals surface area contributed by atoms with Gasteiger partial charge in [0.1, 0.15) is 11.9 Å². The van der Waals surface area contributed by atoms with Crippen LogP contribution in [-0.4, -0.2) is 48.9 Å². The third-order valence-electron chi connectivity index (χ3n) is 10.7. The zero-order valence-electron chi connectivity index (χ0n) is 20.7. The van der Waals surface area contributed by atoms with E-state index in [1.807, 2.05) is 0 Å². The molecule has 186 valence electrons. The molecule has 1 aliphatic heterocycles. The van der Waals surface area contributed by atoms with Crippen LogP contribution in [0, 0.1) is 28.6 Å². The summed E-state index contributed by atoms with van der Waals surface area (Å²) in [7, 11) is 0. The molecule has 5 aliphatic rings. The number of Topliss-reactive ketones (excluding diaryl/α,β-unsaturated/α-hetero) is 1. The minimum absolute atomic E-state index is 0. The van der Waals surface area contributed by atoms with Gasteiger partial charge in [0.2, 0.25) is 6.73 Å². The van der Waals surface area contributed by atoms with Gasteiger partial charge in [-0.25, -0.2) is 4.79 Å². The Hall–Kier alpha value is -0.630. The van der Waals surface area contributed by atoms with Crippen LogP contribution in [0.4, 0.5) is 4.79 Å². The molecule has 4 aliphatic carbocycles. The first-order chi connectivity index (χ1) is 15.3. The molecule has 1 heterocycles. The van der Waals surface area contributed by atoms with E-state index >= 15 is 0 Å². The van der Waals surface area contributed by atoms with Gasteiger partial charge in [-0.2, -0.15) is 0 Å². The molecular formula is C27H42INO4. The Morgan fingerprint density at radius 3 is 2.52 bits per heavy atom. The highest BCUT2D eigenvalue weighted by molar-refractivity contribution is 5.87. The van der Waals surface area contributed by atoms with E-state index in [9.17, 15) is 9.59 Å². The number of carbonyl (C=O) groups excluding carboxylic acids is 2. The van der Waals surface area contributed by atoms with Crippen LogP contribution in [0.3, 0.4) is 0 Å². The number of carbonyl (C=O) groups is 2. The lowest BCUT2D eigenvalue weighted by Gasteiger charge is -2.56. The summed E-state index contributed by atoms with van der Waals surface area (Å²) in [5.41, 5.74) is 1.63. The number of rotatable bonds is 4. The minimum atomic E-state index is -0.483. The van der Waals surface area contributed by atoms with Crippen LogP contribution < -0.4 is 24.0 Å². The highest BCUT2D eigenvalue weighted by Crippen LogP contribution is 2.64. The maximum atomic E-state index is 12.6. The van der Waals surface area contributed by atoms with E-state index in [1.165, 1.54) is 24.8 Å². The molecule has 0 aromatic heterocycles. The van der Waals surface area contributed by atoms with Crippen LogP contribution in [0.15, 0.2) is 11.6 Å². The molecule has 4 fully saturated rings. The molecule has 0 radical (unpaired) electrons. The SMILES string of the molecule is CC[N+]1(COC(=O)O[C@H]2CC[C@@]3(C)C(=CC[C@@H]4[C@@H]3CC[C@]3(C)C(=O)CC[C@@H]43)C2)CCCC1.[I-]. The van der Waals surface area contributed by atoms with Crippen molar-refractivity contribution in [3.63, 3.8) is 0 Å². The smallest absolute Gasteiger partial charge is 0.512 e. The largest absolute Gasteiger partial charge is 1.00 e. The van der Waals surface area contributed by atoms with Gasteiger partial charge in [0, 0.05) is 31.1 Å². The summed E-state index contributed by atoms with van der Waals surface area (Å²) in [5, 5.41) is 0. The van der Waals surface area contributed by atoms with Crippen LogP contribution in [0.5, 0.6) is 0 Å². The van der Waals surface area contributed by atoms with Gasteiger partial charge in [-0.15, -0.1) is 0 Å². The monoisotopic (exact) mass is 571 g/mol. The normalized spacial score (nSPS) is 41.2. The lowest BCUT2D eigenvalue weighted by Crippen LogP contribution is -3.00. The van der Waals surface area contributed by atoms with Crippen molar-refractivity contribution in [2.75, 3.05) is 26.4 Å². The van der Waals surface area contributed by atoms with E-state index in [0.717, 1.165) is 69.1 Å². The van der Waals surface area contributed by atoms with Gasteiger partial charge < -0.3 is 33.5 Å². The number of hydrogen-bond acceptors (Lipinski definition) is 4. The zero-order valence-corrected chi connectivity index (χ0v) is 22.9. The zero-order chi connectivity index (χ0) is 22.6. The number of allylic oxidation sites excluding steroid dienone is 1. The third-order valence-corrected chi connectivity index (χ3v) is 10.7. The van der Waals surface area contributed by atoms with Gasteiger partial charge >= 0.3 is 6.16 Å². The van der Waals surface area contributed by atoms with Gasteiger partial charge in [-0.1, -0.05) is 25.5 Å². The van der Waals surface area contributed by atoms with Crippen LogP contribution in [0.1, 0.15) is 85.0 Å². The number of ketones is 1. The molecule has 3 saturated carbocycles. The van der Waals surface area contributed by atoms with Crippen molar-refractivity contribution in [2.45, 2.75) is 91.1 Å². The Kier molecular flexibility index (Phi) is 7.28. The maximum Gasteiger partial charge on any atom is 0.512 e. The second kappa shape index (κ2) is 9.44. The molecule has 1 saturated heterocycles. The number of ether oxygens (including phenoxy) is 2. The van der Waals surface area contributed by atoms with E-state index in [-0.39, 0.29) is 40.9 Å². The summed E-state index contributed by atoms with van der Waals surface area (Å²) in [6.45, 7) is 10.5. The first kappa shape index (κ1) is 25.5. The highest BCUT2D eigenvalue weighted by atomic mass is 127. The van der Waals surface area contributed by atoms with Crippen LogP contribution in [0.25, 0.3) is 0 Å². The van der Waals surface area contributed by atoms with Gasteiger partial charge in [-0.05, 0) is 68.6 Å². The van der Waals surface area contributed by atoms with Crippen molar-refractivity contribution < 1.29 is 47.5 Å². The Labute approximate surface area is 216 Å². The first-order valence-corrected chi connectivity index (χ1v) is 13.2. The average Bonchev–Trinajstić information content (AvgIpc) is 3.38. The molecule has 0 bridgehead atoms. The topological polar surface area (TPSA) is 52.6 Å². The van der Waals surface area contributed by atoms with Crippen molar-refractivity contribution in [2.24, 2.45) is 28.6 Å². The third kappa shape index (κ3) is 4.30. The predicted molar refractivity (Wildman–Crippen MR) is 123 cm³/mol. The van der Waals surface area contributed by atoms with E-state index in [1.54, 1.807) is 0 Å². The lowest BCUT2D eigenvalue weighted by atomic mass is 9.48. The fourth-order valence-corrected chi connectivity index (χ4v) is 8.40. The standard InChI is InChI=1S/C27H42NO4.HI/c1-4-28(15-5-6-16-28)18-31-25(30)32-20-11-13-26(2)19(17-20)7-8-21-22-9-10-24(29)27(22,3)14-12-23(21)26;/h7,20-23H,4-6,8-18H2,1-3H3;1H/q+1;/p-1/t20-,21-,22-,23-,26-,27-;/m0./s1. The summed E-state index contributed by atoms with van der Waals surface area (Å²) >= 11 is 0. The number of nitrogens with zero attached hydrogens (tertiary/aromatic N) is 1. The predicted octanol–water partition coefficient (Wildman–Crippen LogP) is 2.63. The molecule has 0 N–H and O–H groups in total. The quantitative estimate of drug-likeness (QED) is 0.226. The second-order valence-corrected chi connectivity index (χ2v) is 12.0. The van der Waals surface area contributed by atoms with Gasteiger partial charge in [0.05, 0.1) is 19.6 Å². The molecule has 6 heteroatoms. The van der Waals surface area contributed by atoms with E-state index in [2.05, 4.69) is 26.8 Å². The Morgan fingerprint density at radius 2 is 1.79 bits per heavy atom. The lowest BCUT2D eigenvalue weighted by molar-refractivity contribution is -0.931. The summed E-state index contributed by atoms with van der Waals surface area (Å²) in [6, 6.07) is 0. The summed E-state index contributed by atoms with van der Waals surface area (Å²) in [4.78, 5) is 25.1. The molecular weight excluding hydrogens is 529 g/mol. The number of halogens is 1. The van der Waals surface area contributed by atoms with Crippen molar-refractivity contribution in [3.8, 4) is 0 Å². The highest BCUT2D eigenvalue weighted by Gasteiger charge is 2.58. The van der Waals surface area contributed by atoms with Crippen LogP contribution in [-0.2, 0) is 14.3 Å². The van der Waals surface area contributed by atoms with Crippen molar-refractivity contribution in [1.29, 1.82) is 0 Å². The molecule has 0 amide bonds. The Morgan fingerprint density at radius 1 is 1.09 bits per heavy atom. The fraction of sp³-hybridized carbons (Fsp3) is 0.852. The fourth-order valence-electron chi connectivity index (χ4n) is 8.40. The van der Waals surface area contributed by atoms with Gasteiger partial charge in [0.25, 0.3) is 0 Å². The molecule has 0 aromatic carbocycles. The van der Waals surface area contributed by atoms with Crippen molar-refractivity contribution >= 4 is 11.9 Å².